The molecule has 0 spiro atoms. The van der Waals surface area contributed by atoms with Crippen LogP contribution in [0.2, 0.25) is 0 Å². The zero-order valence-corrected chi connectivity index (χ0v) is 11.9. The first-order valence-corrected chi connectivity index (χ1v) is 6.40. The quantitative estimate of drug-likeness (QED) is 0.812. The molecule has 0 atom stereocenters. The Morgan fingerprint density at radius 1 is 1.37 bits per heavy atom. The van der Waals surface area contributed by atoms with Gasteiger partial charge < -0.3 is 10.4 Å². The maximum Gasteiger partial charge on any atom is 0.329 e. The van der Waals surface area contributed by atoms with Gasteiger partial charge in [-0.15, -0.1) is 0 Å². The highest BCUT2D eigenvalue weighted by Gasteiger charge is 2.36. The molecule has 0 saturated carbocycles. The minimum Gasteiger partial charge on any atom is -0.480 e. The van der Waals surface area contributed by atoms with Crippen LogP contribution in [0.1, 0.15) is 38.1 Å². The molecular formula is C13H21N3O3. The fourth-order valence-corrected chi connectivity index (χ4v) is 2.06. The van der Waals surface area contributed by atoms with Crippen molar-refractivity contribution >= 4 is 11.9 Å². The van der Waals surface area contributed by atoms with E-state index >= 15 is 0 Å². The minimum absolute atomic E-state index is 0.0364. The Morgan fingerprint density at radius 2 is 1.95 bits per heavy atom. The molecule has 1 aromatic heterocycles. The Bertz CT molecular complexity index is 475. The van der Waals surface area contributed by atoms with Gasteiger partial charge in [0.05, 0.1) is 5.69 Å². The first-order chi connectivity index (χ1) is 8.84. The number of aliphatic carboxylic acids is 1. The minimum atomic E-state index is -1.19. The summed E-state index contributed by atoms with van der Waals surface area (Å²) >= 11 is 0. The number of aromatic nitrogens is 2. The molecule has 1 aromatic rings. The molecular weight excluding hydrogens is 246 g/mol. The third-order valence-corrected chi connectivity index (χ3v) is 3.39. The van der Waals surface area contributed by atoms with Crippen molar-refractivity contribution in [3.8, 4) is 0 Å². The molecule has 0 fully saturated rings. The summed E-state index contributed by atoms with van der Waals surface area (Å²) in [4.78, 5) is 23.3. The average Bonchev–Trinajstić information content (AvgIpc) is 2.64. The number of carboxylic acids is 1. The molecule has 1 amide bonds. The molecule has 1 heterocycles. The third kappa shape index (κ3) is 3.33. The first kappa shape index (κ1) is 15.2. The van der Waals surface area contributed by atoms with Crippen molar-refractivity contribution < 1.29 is 14.7 Å². The normalized spacial score (nSPS) is 11.4. The lowest BCUT2D eigenvalue weighted by Gasteiger charge is -2.28. The summed E-state index contributed by atoms with van der Waals surface area (Å²) in [6, 6.07) is 1.87. The van der Waals surface area contributed by atoms with Gasteiger partial charge in [-0.05, 0) is 32.8 Å². The molecule has 0 aliphatic carbocycles. The summed E-state index contributed by atoms with van der Waals surface area (Å²) in [7, 11) is 0. The first-order valence-electron chi connectivity index (χ1n) is 6.40. The fourth-order valence-electron chi connectivity index (χ4n) is 2.06. The number of carbonyl (C=O) groups is 2. The van der Waals surface area contributed by atoms with Gasteiger partial charge in [0.2, 0.25) is 5.91 Å². The van der Waals surface area contributed by atoms with Crippen LogP contribution in [0.15, 0.2) is 6.07 Å². The summed E-state index contributed by atoms with van der Waals surface area (Å²) in [5, 5.41) is 16.1. The molecule has 0 aliphatic heterocycles. The summed E-state index contributed by atoms with van der Waals surface area (Å²) in [5.41, 5.74) is 0.523. The summed E-state index contributed by atoms with van der Waals surface area (Å²) in [6.45, 7) is 7.25. The second-order valence-corrected chi connectivity index (χ2v) is 4.73. The number of amides is 1. The van der Waals surface area contributed by atoms with Crippen molar-refractivity contribution in [1.82, 2.24) is 15.1 Å². The number of rotatable bonds is 6. The second-order valence-electron chi connectivity index (χ2n) is 4.73. The molecule has 0 bridgehead atoms. The molecule has 1 rings (SSSR count). The Labute approximate surface area is 112 Å². The van der Waals surface area contributed by atoms with E-state index in [0.717, 1.165) is 11.4 Å². The van der Waals surface area contributed by atoms with Crippen LogP contribution in [-0.4, -0.2) is 32.3 Å². The lowest BCUT2D eigenvalue weighted by molar-refractivity contribution is -0.148. The molecule has 0 aromatic carbocycles. The van der Waals surface area contributed by atoms with E-state index < -0.39 is 11.5 Å². The third-order valence-electron chi connectivity index (χ3n) is 3.39. The van der Waals surface area contributed by atoms with E-state index in [1.165, 1.54) is 0 Å². The maximum atomic E-state index is 12.0. The summed E-state index contributed by atoms with van der Waals surface area (Å²) in [6.07, 6.45) is 0.698. The number of carbonyl (C=O) groups excluding carboxylic acids is 1. The van der Waals surface area contributed by atoms with Gasteiger partial charge in [0.25, 0.3) is 0 Å². The van der Waals surface area contributed by atoms with Crippen LogP contribution in [-0.2, 0) is 16.1 Å². The lowest BCUT2D eigenvalue weighted by Crippen LogP contribution is -2.54. The van der Waals surface area contributed by atoms with Gasteiger partial charge in [-0.1, -0.05) is 13.8 Å². The molecule has 0 saturated heterocycles. The van der Waals surface area contributed by atoms with E-state index in [2.05, 4.69) is 10.4 Å². The number of aryl methyl sites for hydroxylation is 2. The van der Waals surface area contributed by atoms with E-state index in [1.54, 1.807) is 18.5 Å². The van der Waals surface area contributed by atoms with Gasteiger partial charge in [0.1, 0.15) is 12.1 Å². The fraction of sp³-hybridized carbons (Fsp3) is 0.615. The Kier molecular flexibility index (Phi) is 4.69. The standard InChI is InChI=1S/C13H21N3O3/c1-5-13(6-2,12(18)19)14-11(17)8-16-10(4)7-9(3)15-16/h7H,5-6,8H2,1-4H3,(H,14,17)(H,18,19). The van der Waals surface area contributed by atoms with Crippen molar-refractivity contribution in [3.05, 3.63) is 17.5 Å². The van der Waals surface area contributed by atoms with Crippen LogP contribution in [0.25, 0.3) is 0 Å². The largest absolute Gasteiger partial charge is 0.480 e. The van der Waals surface area contributed by atoms with Gasteiger partial charge in [-0.3, -0.25) is 9.48 Å². The second kappa shape index (κ2) is 5.86. The molecule has 6 heteroatoms. The monoisotopic (exact) mass is 267 g/mol. The molecule has 0 radical (unpaired) electrons. The van der Waals surface area contributed by atoms with E-state index in [0.29, 0.717) is 12.8 Å². The highest BCUT2D eigenvalue weighted by Crippen LogP contribution is 2.15. The van der Waals surface area contributed by atoms with Crippen LogP contribution in [0.4, 0.5) is 0 Å². The number of hydrogen-bond donors (Lipinski definition) is 2. The maximum absolute atomic E-state index is 12.0. The Hall–Kier alpha value is -1.85. The SMILES string of the molecule is CCC(CC)(NC(=O)Cn1nc(C)cc1C)C(=O)O. The predicted octanol–water partition coefficient (Wildman–Crippen LogP) is 1.26. The van der Waals surface area contributed by atoms with E-state index in [9.17, 15) is 14.7 Å². The predicted molar refractivity (Wildman–Crippen MR) is 70.8 cm³/mol. The van der Waals surface area contributed by atoms with Gasteiger partial charge in [0.15, 0.2) is 0 Å². The summed E-state index contributed by atoms with van der Waals surface area (Å²) < 4.78 is 1.57. The van der Waals surface area contributed by atoms with Gasteiger partial charge in [-0.2, -0.15) is 5.10 Å². The lowest BCUT2D eigenvalue weighted by atomic mass is 9.93. The molecule has 6 nitrogen and oxygen atoms in total. The summed E-state index contributed by atoms with van der Waals surface area (Å²) in [5.74, 6) is -1.34. The van der Waals surface area contributed by atoms with Crippen molar-refractivity contribution in [2.45, 2.75) is 52.6 Å². The number of nitrogens with one attached hydrogen (secondary N) is 1. The van der Waals surface area contributed by atoms with Crippen LogP contribution < -0.4 is 5.32 Å². The number of carboxylic acid groups (broad SMARTS) is 1. The van der Waals surface area contributed by atoms with Crippen molar-refractivity contribution in [1.29, 1.82) is 0 Å². The van der Waals surface area contributed by atoms with E-state index in [-0.39, 0.29) is 12.5 Å². The molecule has 19 heavy (non-hydrogen) atoms. The Balaban J connectivity index is 2.79. The number of hydrogen-bond acceptors (Lipinski definition) is 3. The van der Waals surface area contributed by atoms with Crippen LogP contribution in [0, 0.1) is 13.8 Å². The van der Waals surface area contributed by atoms with Gasteiger partial charge in [-0.25, -0.2) is 4.79 Å². The Morgan fingerprint density at radius 3 is 2.32 bits per heavy atom. The van der Waals surface area contributed by atoms with Gasteiger partial charge >= 0.3 is 5.97 Å². The van der Waals surface area contributed by atoms with Crippen LogP contribution in [0.5, 0.6) is 0 Å². The smallest absolute Gasteiger partial charge is 0.329 e. The molecule has 0 aliphatic rings. The van der Waals surface area contributed by atoms with Gasteiger partial charge in [0, 0.05) is 5.69 Å². The topological polar surface area (TPSA) is 84.2 Å². The zero-order valence-electron chi connectivity index (χ0n) is 11.9. The molecule has 2 N–H and O–H groups in total. The highest BCUT2D eigenvalue weighted by atomic mass is 16.4. The number of nitrogens with zero attached hydrogens (tertiary/aromatic N) is 2. The highest BCUT2D eigenvalue weighted by molar-refractivity contribution is 5.86. The van der Waals surface area contributed by atoms with Crippen molar-refractivity contribution in [3.63, 3.8) is 0 Å². The zero-order chi connectivity index (χ0) is 14.6. The molecule has 106 valence electrons. The average molecular weight is 267 g/mol. The van der Waals surface area contributed by atoms with E-state index in [1.807, 2.05) is 19.9 Å². The van der Waals surface area contributed by atoms with Crippen molar-refractivity contribution in [2.75, 3.05) is 0 Å². The van der Waals surface area contributed by atoms with Crippen molar-refractivity contribution in [2.24, 2.45) is 0 Å². The molecule has 0 unspecified atom stereocenters. The van der Waals surface area contributed by atoms with Crippen LogP contribution in [0.3, 0.4) is 0 Å². The van der Waals surface area contributed by atoms with E-state index in [4.69, 9.17) is 0 Å². The van der Waals surface area contributed by atoms with Crippen LogP contribution >= 0.6 is 0 Å².